The highest BCUT2D eigenvalue weighted by Crippen LogP contribution is 2.39. The molecule has 1 aromatic carbocycles. The minimum Gasteiger partial charge on any atom is -0.542 e. The van der Waals surface area contributed by atoms with Crippen LogP contribution in [0.15, 0.2) is 35.7 Å². The molecule has 0 amide bonds. The van der Waals surface area contributed by atoms with Gasteiger partial charge in [0.15, 0.2) is 0 Å². The standard InChI is InChI=1S/C16H23NOSSi/c1-16(2,3)20(4,5)18-14-9-8-12(11-13(14)17)15-7-6-10-19-15/h6-11H,17H2,1-5H3. The minimum absolute atomic E-state index is 0.172. The van der Waals surface area contributed by atoms with Gasteiger partial charge in [0.05, 0.1) is 5.69 Å². The third kappa shape index (κ3) is 3.07. The zero-order valence-electron chi connectivity index (χ0n) is 12.9. The Kier molecular flexibility index (Phi) is 3.98. The summed E-state index contributed by atoms with van der Waals surface area (Å²) in [6.07, 6.45) is 0. The minimum atomic E-state index is -1.84. The topological polar surface area (TPSA) is 35.2 Å². The maximum atomic E-state index is 6.29. The molecule has 0 unspecified atom stereocenters. The molecule has 0 aliphatic rings. The first-order chi connectivity index (χ1) is 9.21. The number of nitrogen functional groups attached to an aromatic ring is 1. The fourth-order valence-electron chi connectivity index (χ4n) is 1.67. The summed E-state index contributed by atoms with van der Waals surface area (Å²) in [5.74, 6) is 0.817. The number of nitrogens with two attached hydrogens (primary N) is 1. The Morgan fingerprint density at radius 3 is 2.35 bits per heavy atom. The van der Waals surface area contributed by atoms with Crippen LogP contribution in [0.4, 0.5) is 5.69 Å². The number of benzene rings is 1. The Morgan fingerprint density at radius 2 is 1.85 bits per heavy atom. The first-order valence-corrected chi connectivity index (χ1v) is 10.6. The molecule has 2 aromatic rings. The van der Waals surface area contributed by atoms with Gasteiger partial charge in [-0.1, -0.05) is 26.8 Å². The van der Waals surface area contributed by atoms with Crippen LogP contribution in [0.25, 0.3) is 10.4 Å². The third-order valence-corrected chi connectivity index (χ3v) is 9.25. The van der Waals surface area contributed by atoms with Gasteiger partial charge in [0, 0.05) is 4.88 Å². The highest BCUT2D eigenvalue weighted by Gasteiger charge is 2.39. The maximum absolute atomic E-state index is 6.29. The van der Waals surface area contributed by atoms with E-state index in [-0.39, 0.29) is 5.04 Å². The average Bonchev–Trinajstić information content (AvgIpc) is 2.83. The van der Waals surface area contributed by atoms with Crippen LogP contribution in [0.1, 0.15) is 20.8 Å². The lowest BCUT2D eigenvalue weighted by atomic mass is 10.1. The molecule has 0 radical (unpaired) electrons. The predicted molar refractivity (Wildman–Crippen MR) is 92.0 cm³/mol. The number of rotatable bonds is 3. The van der Waals surface area contributed by atoms with Crippen molar-refractivity contribution in [2.24, 2.45) is 0 Å². The van der Waals surface area contributed by atoms with Crippen molar-refractivity contribution in [1.82, 2.24) is 0 Å². The highest BCUT2D eigenvalue weighted by atomic mass is 32.1. The van der Waals surface area contributed by atoms with Crippen LogP contribution in [0, 0.1) is 0 Å². The summed E-state index contributed by atoms with van der Waals surface area (Å²) in [6, 6.07) is 10.3. The summed E-state index contributed by atoms with van der Waals surface area (Å²) in [5.41, 5.74) is 8.06. The smallest absolute Gasteiger partial charge is 0.250 e. The van der Waals surface area contributed by atoms with E-state index in [0.29, 0.717) is 0 Å². The summed E-state index contributed by atoms with van der Waals surface area (Å²) < 4.78 is 6.29. The second-order valence-electron chi connectivity index (χ2n) is 6.59. The number of hydrogen-bond donors (Lipinski definition) is 1. The van der Waals surface area contributed by atoms with Gasteiger partial charge >= 0.3 is 0 Å². The average molecular weight is 306 g/mol. The molecule has 108 valence electrons. The molecule has 4 heteroatoms. The van der Waals surface area contributed by atoms with Crippen LogP contribution in [0.3, 0.4) is 0 Å². The van der Waals surface area contributed by atoms with Crippen molar-refractivity contribution in [3.8, 4) is 16.2 Å². The number of hydrogen-bond acceptors (Lipinski definition) is 3. The number of anilines is 1. The molecule has 0 aliphatic heterocycles. The van der Waals surface area contributed by atoms with Crippen molar-refractivity contribution in [2.75, 3.05) is 5.73 Å². The maximum Gasteiger partial charge on any atom is 0.250 e. The van der Waals surface area contributed by atoms with Crippen LogP contribution >= 0.6 is 11.3 Å². The number of thiophene rings is 1. The van der Waals surface area contributed by atoms with Gasteiger partial charge in [-0.05, 0) is 53.3 Å². The van der Waals surface area contributed by atoms with Crippen LogP contribution in [0.2, 0.25) is 18.1 Å². The fraction of sp³-hybridized carbons (Fsp3) is 0.375. The summed E-state index contributed by atoms with van der Waals surface area (Å²) in [5, 5.41) is 2.25. The molecule has 20 heavy (non-hydrogen) atoms. The molecule has 0 atom stereocenters. The van der Waals surface area contributed by atoms with E-state index in [1.807, 2.05) is 12.1 Å². The molecule has 0 bridgehead atoms. The molecule has 0 spiro atoms. The van der Waals surface area contributed by atoms with E-state index < -0.39 is 8.32 Å². The zero-order chi connectivity index (χ0) is 15.0. The van der Waals surface area contributed by atoms with E-state index in [1.165, 1.54) is 4.88 Å². The lowest BCUT2D eigenvalue weighted by molar-refractivity contribution is 0.494. The van der Waals surface area contributed by atoms with Gasteiger partial charge in [0.25, 0.3) is 8.32 Å². The van der Waals surface area contributed by atoms with Gasteiger partial charge in [-0.3, -0.25) is 0 Å². The molecule has 0 saturated carbocycles. The normalized spacial score (nSPS) is 12.4. The predicted octanol–water partition coefficient (Wildman–Crippen LogP) is 5.38. The monoisotopic (exact) mass is 305 g/mol. The van der Waals surface area contributed by atoms with Gasteiger partial charge in [-0.2, -0.15) is 0 Å². The highest BCUT2D eigenvalue weighted by molar-refractivity contribution is 7.13. The summed E-state index contributed by atoms with van der Waals surface area (Å²) >= 11 is 1.72. The molecule has 0 aliphatic carbocycles. The Bertz CT molecular complexity index is 585. The van der Waals surface area contributed by atoms with E-state index in [1.54, 1.807) is 11.3 Å². The summed E-state index contributed by atoms with van der Waals surface area (Å²) in [4.78, 5) is 1.23. The Balaban J connectivity index is 2.27. The quantitative estimate of drug-likeness (QED) is 0.610. The van der Waals surface area contributed by atoms with Crippen LogP contribution in [-0.2, 0) is 0 Å². The van der Waals surface area contributed by atoms with Gasteiger partial charge < -0.3 is 10.2 Å². The van der Waals surface area contributed by atoms with Crippen LogP contribution in [-0.4, -0.2) is 8.32 Å². The molecule has 2 N–H and O–H groups in total. The summed E-state index contributed by atoms with van der Waals surface area (Å²) in [7, 11) is -1.84. The molecule has 1 heterocycles. The fourth-order valence-corrected chi connectivity index (χ4v) is 3.43. The van der Waals surface area contributed by atoms with Crippen molar-refractivity contribution in [1.29, 1.82) is 0 Å². The van der Waals surface area contributed by atoms with Gasteiger partial charge in [0.2, 0.25) is 0 Å². The molecule has 2 nitrogen and oxygen atoms in total. The van der Waals surface area contributed by atoms with Crippen molar-refractivity contribution >= 4 is 25.3 Å². The zero-order valence-corrected chi connectivity index (χ0v) is 14.7. The van der Waals surface area contributed by atoms with Crippen molar-refractivity contribution < 1.29 is 4.43 Å². The van der Waals surface area contributed by atoms with Gasteiger partial charge in [0.1, 0.15) is 5.75 Å². The van der Waals surface area contributed by atoms with E-state index in [2.05, 4.69) is 57.4 Å². The van der Waals surface area contributed by atoms with Crippen molar-refractivity contribution in [3.63, 3.8) is 0 Å². The van der Waals surface area contributed by atoms with Crippen molar-refractivity contribution in [3.05, 3.63) is 35.7 Å². The molecule has 0 saturated heterocycles. The van der Waals surface area contributed by atoms with Gasteiger partial charge in [-0.25, -0.2) is 0 Å². The molecule has 2 rings (SSSR count). The van der Waals surface area contributed by atoms with E-state index in [0.717, 1.165) is 17.0 Å². The Labute approximate surface area is 126 Å². The Morgan fingerprint density at radius 1 is 1.15 bits per heavy atom. The van der Waals surface area contributed by atoms with E-state index >= 15 is 0 Å². The molecular formula is C16H23NOSSi. The second-order valence-corrected chi connectivity index (χ2v) is 12.3. The molecule has 1 aromatic heterocycles. The lowest BCUT2D eigenvalue weighted by Gasteiger charge is -2.36. The SMILES string of the molecule is CC(C)(C)[Si](C)(C)Oc1ccc(-c2cccs2)cc1N. The third-order valence-electron chi connectivity index (χ3n) is 3.99. The van der Waals surface area contributed by atoms with E-state index in [9.17, 15) is 0 Å². The first-order valence-electron chi connectivity index (χ1n) is 6.83. The second kappa shape index (κ2) is 5.26. The van der Waals surface area contributed by atoms with Crippen LogP contribution in [0.5, 0.6) is 5.75 Å². The molecular weight excluding hydrogens is 282 g/mol. The Hall–Kier alpha value is -1.26. The largest absolute Gasteiger partial charge is 0.542 e. The van der Waals surface area contributed by atoms with Gasteiger partial charge in [-0.15, -0.1) is 11.3 Å². The molecule has 0 fully saturated rings. The summed E-state index contributed by atoms with van der Waals surface area (Å²) in [6.45, 7) is 11.2. The van der Waals surface area contributed by atoms with Crippen molar-refractivity contribution in [2.45, 2.75) is 38.9 Å². The lowest BCUT2D eigenvalue weighted by Crippen LogP contribution is -2.44. The van der Waals surface area contributed by atoms with Crippen LogP contribution < -0.4 is 10.2 Å². The first kappa shape index (κ1) is 15.1. The van der Waals surface area contributed by atoms with E-state index in [4.69, 9.17) is 10.2 Å².